The van der Waals surface area contributed by atoms with E-state index in [1.54, 1.807) is 18.2 Å². The van der Waals surface area contributed by atoms with Crippen molar-refractivity contribution in [2.24, 2.45) is 5.73 Å². The van der Waals surface area contributed by atoms with Gasteiger partial charge in [-0.3, -0.25) is 19.3 Å². The third kappa shape index (κ3) is 5.80. The molecular formula is C28H25F6N3O3. The minimum atomic E-state index is -5.88. The molecule has 212 valence electrons. The minimum Gasteiger partial charge on any atom is -0.368 e. The van der Waals surface area contributed by atoms with Gasteiger partial charge in [0.15, 0.2) is 0 Å². The van der Waals surface area contributed by atoms with Crippen LogP contribution in [0.1, 0.15) is 37.4 Å². The van der Waals surface area contributed by atoms with Crippen LogP contribution in [0, 0.1) is 13.8 Å². The maximum Gasteiger partial charge on any atom is 0.432 e. The fraction of sp³-hybridized carbons (Fsp3) is 0.250. The van der Waals surface area contributed by atoms with Crippen LogP contribution in [0.2, 0.25) is 0 Å². The second-order valence-corrected chi connectivity index (χ2v) is 9.11. The van der Waals surface area contributed by atoms with Crippen molar-refractivity contribution in [3.05, 3.63) is 94.5 Å². The first-order valence-corrected chi connectivity index (χ1v) is 11.8. The number of anilines is 2. The Kier molecular flexibility index (Phi) is 8.61. The van der Waals surface area contributed by atoms with E-state index in [1.165, 1.54) is 57.3 Å². The van der Waals surface area contributed by atoms with E-state index < -0.39 is 48.1 Å². The van der Waals surface area contributed by atoms with E-state index in [4.69, 9.17) is 5.73 Å². The van der Waals surface area contributed by atoms with Crippen molar-refractivity contribution in [1.82, 2.24) is 0 Å². The lowest BCUT2D eigenvalue weighted by atomic mass is 9.91. The first-order valence-electron chi connectivity index (χ1n) is 11.8. The maximum atomic E-state index is 14.6. The highest BCUT2D eigenvalue weighted by molar-refractivity contribution is 6.10. The number of nitrogens with two attached hydrogens (primary N) is 1. The van der Waals surface area contributed by atoms with E-state index in [0.717, 1.165) is 9.80 Å². The molecule has 12 heteroatoms. The van der Waals surface area contributed by atoms with Crippen LogP contribution in [0.15, 0.2) is 66.7 Å². The second kappa shape index (κ2) is 11.4. The molecule has 1 atom stereocenters. The van der Waals surface area contributed by atoms with Crippen molar-refractivity contribution < 1.29 is 40.7 Å². The van der Waals surface area contributed by atoms with Gasteiger partial charge in [-0.05, 0) is 55.3 Å². The van der Waals surface area contributed by atoms with Gasteiger partial charge in [-0.15, -0.1) is 0 Å². The Hall–Kier alpha value is -4.35. The normalized spacial score (nSPS) is 13.1. The molecule has 40 heavy (non-hydrogen) atoms. The maximum absolute atomic E-state index is 14.6. The largest absolute Gasteiger partial charge is 0.432 e. The fourth-order valence-corrected chi connectivity index (χ4v) is 4.38. The molecule has 0 saturated heterocycles. The minimum absolute atomic E-state index is 0.0286. The topological polar surface area (TPSA) is 83.7 Å². The predicted molar refractivity (Wildman–Crippen MR) is 137 cm³/mol. The van der Waals surface area contributed by atoms with Crippen LogP contribution in [-0.2, 0) is 10.5 Å². The summed E-state index contributed by atoms with van der Waals surface area (Å²) in [4.78, 5) is 40.4. The SMILES string of the molecule is Cc1cc(C(F)(C(F)F)C(F)(F)F)cc(C)c1N(C)C(=O)c1cccc(N(CC(N)=O)C(=O)c2ccccc2)c1. The average molecular weight is 566 g/mol. The van der Waals surface area contributed by atoms with Gasteiger partial charge >= 0.3 is 6.18 Å². The smallest absolute Gasteiger partial charge is 0.368 e. The van der Waals surface area contributed by atoms with Crippen LogP contribution in [0.25, 0.3) is 0 Å². The zero-order chi connectivity index (χ0) is 30.0. The Labute approximate surface area is 226 Å². The Morgan fingerprint density at radius 1 is 0.825 bits per heavy atom. The molecule has 2 N–H and O–H groups in total. The highest BCUT2D eigenvalue weighted by Gasteiger charge is 2.64. The van der Waals surface area contributed by atoms with Crippen molar-refractivity contribution in [1.29, 1.82) is 0 Å². The zero-order valence-electron chi connectivity index (χ0n) is 21.6. The first kappa shape index (κ1) is 30.2. The summed E-state index contributed by atoms with van der Waals surface area (Å²) in [6, 6.07) is 15.0. The van der Waals surface area contributed by atoms with Gasteiger partial charge in [0.05, 0.1) is 0 Å². The van der Waals surface area contributed by atoms with Crippen molar-refractivity contribution in [3.63, 3.8) is 0 Å². The lowest BCUT2D eigenvalue weighted by Gasteiger charge is -2.30. The van der Waals surface area contributed by atoms with Crippen molar-refractivity contribution in [2.75, 3.05) is 23.4 Å². The number of carbonyl (C=O) groups excluding carboxylic acids is 3. The van der Waals surface area contributed by atoms with Gasteiger partial charge in [0.25, 0.3) is 23.9 Å². The highest BCUT2D eigenvalue weighted by atomic mass is 19.4. The van der Waals surface area contributed by atoms with E-state index in [0.29, 0.717) is 12.1 Å². The number of hydrogen-bond acceptors (Lipinski definition) is 3. The van der Waals surface area contributed by atoms with Crippen LogP contribution in [0.3, 0.4) is 0 Å². The molecule has 0 aliphatic carbocycles. The van der Waals surface area contributed by atoms with E-state index in [1.807, 2.05) is 0 Å². The number of nitrogens with zero attached hydrogens (tertiary/aromatic N) is 2. The molecule has 3 aromatic carbocycles. The molecule has 3 amide bonds. The number of hydrogen-bond donors (Lipinski definition) is 1. The predicted octanol–water partition coefficient (Wildman–Crippen LogP) is 5.70. The van der Waals surface area contributed by atoms with Crippen LogP contribution >= 0.6 is 0 Å². The van der Waals surface area contributed by atoms with Gasteiger partial charge in [0.2, 0.25) is 5.91 Å². The molecule has 3 aromatic rings. The number of amides is 3. The molecule has 0 fully saturated rings. The summed E-state index contributed by atoms with van der Waals surface area (Å²) >= 11 is 0. The number of primary amides is 1. The molecule has 0 aromatic heterocycles. The molecule has 0 aliphatic rings. The Balaban J connectivity index is 2.00. The van der Waals surface area contributed by atoms with Gasteiger partial charge in [-0.1, -0.05) is 36.4 Å². The van der Waals surface area contributed by atoms with Crippen molar-refractivity contribution in [2.45, 2.75) is 32.1 Å². The quantitative estimate of drug-likeness (QED) is 0.356. The molecular weight excluding hydrogens is 540 g/mol. The Morgan fingerprint density at radius 2 is 1.38 bits per heavy atom. The third-order valence-electron chi connectivity index (χ3n) is 6.25. The van der Waals surface area contributed by atoms with Crippen LogP contribution in [0.5, 0.6) is 0 Å². The molecule has 0 bridgehead atoms. The molecule has 0 heterocycles. The van der Waals surface area contributed by atoms with E-state index in [9.17, 15) is 40.7 Å². The Morgan fingerprint density at radius 3 is 1.88 bits per heavy atom. The van der Waals surface area contributed by atoms with Gasteiger partial charge in [0.1, 0.15) is 6.54 Å². The second-order valence-electron chi connectivity index (χ2n) is 9.11. The summed E-state index contributed by atoms with van der Waals surface area (Å²) in [7, 11) is 1.31. The van der Waals surface area contributed by atoms with Gasteiger partial charge in [0, 0.05) is 35.1 Å². The molecule has 0 radical (unpaired) electrons. The summed E-state index contributed by atoms with van der Waals surface area (Å²) in [5.41, 5.74) is -0.410. The number of rotatable bonds is 8. The summed E-state index contributed by atoms with van der Waals surface area (Å²) in [5.74, 6) is -2.04. The molecule has 0 aliphatic heterocycles. The molecule has 3 rings (SSSR count). The molecule has 1 unspecified atom stereocenters. The lowest BCUT2D eigenvalue weighted by molar-refractivity contribution is -0.274. The highest BCUT2D eigenvalue weighted by Crippen LogP contribution is 2.48. The first-order chi connectivity index (χ1) is 18.6. The monoisotopic (exact) mass is 565 g/mol. The molecule has 6 nitrogen and oxygen atoms in total. The van der Waals surface area contributed by atoms with Gasteiger partial charge in [-0.2, -0.15) is 13.2 Å². The zero-order valence-corrected chi connectivity index (χ0v) is 21.6. The van der Waals surface area contributed by atoms with Gasteiger partial charge < -0.3 is 10.6 Å². The summed E-state index contributed by atoms with van der Waals surface area (Å²) in [6.45, 7) is 2.04. The molecule has 0 spiro atoms. The number of aryl methyl sites for hydroxylation is 2. The summed E-state index contributed by atoms with van der Waals surface area (Å²) in [5, 5.41) is 0. The van der Waals surface area contributed by atoms with Crippen LogP contribution in [-0.4, -0.2) is 43.9 Å². The lowest BCUT2D eigenvalue weighted by Crippen LogP contribution is -2.44. The Bertz CT molecular complexity index is 1410. The number of alkyl halides is 6. The third-order valence-corrected chi connectivity index (χ3v) is 6.25. The summed E-state index contributed by atoms with van der Waals surface area (Å²) < 4.78 is 81.0. The fourth-order valence-electron chi connectivity index (χ4n) is 4.38. The van der Waals surface area contributed by atoms with Crippen LogP contribution in [0.4, 0.5) is 37.7 Å². The van der Waals surface area contributed by atoms with Crippen molar-refractivity contribution in [3.8, 4) is 0 Å². The average Bonchev–Trinajstić information content (AvgIpc) is 2.89. The van der Waals surface area contributed by atoms with Gasteiger partial charge in [-0.25, -0.2) is 13.2 Å². The van der Waals surface area contributed by atoms with E-state index in [2.05, 4.69) is 0 Å². The van der Waals surface area contributed by atoms with E-state index in [-0.39, 0.29) is 33.6 Å². The number of benzene rings is 3. The standard InChI is InChI=1S/C28H25F6N3O3/c1-16-12-20(27(31,26(29)30)28(32,33)34)13-17(2)23(16)36(3)24(39)19-10-7-11-21(14-19)37(15-22(35)38)25(40)18-8-5-4-6-9-18/h4-14,26H,15H2,1-3H3,(H2,35,38). The van der Waals surface area contributed by atoms with Crippen LogP contribution < -0.4 is 15.5 Å². The number of carbonyl (C=O) groups is 3. The summed E-state index contributed by atoms with van der Waals surface area (Å²) in [6.07, 6.45) is -10.3. The molecule has 0 saturated carbocycles. The number of halogens is 6. The van der Waals surface area contributed by atoms with Crippen molar-refractivity contribution >= 4 is 29.1 Å². The van der Waals surface area contributed by atoms with E-state index >= 15 is 0 Å².